The van der Waals surface area contributed by atoms with E-state index in [0.717, 1.165) is 28.0 Å². The number of ether oxygens (including phenoxy) is 1. The Hall–Kier alpha value is -3.71. The molecule has 2 N–H and O–H groups in total. The molecule has 0 spiro atoms. The van der Waals surface area contributed by atoms with Crippen molar-refractivity contribution in [1.29, 1.82) is 0 Å². The molecule has 0 radical (unpaired) electrons. The molecule has 0 saturated heterocycles. The highest BCUT2D eigenvalue weighted by Crippen LogP contribution is 2.25. The number of amides is 1. The summed E-state index contributed by atoms with van der Waals surface area (Å²) in [6, 6.07) is 19.7. The number of carbonyl (C=O) groups excluding carboxylic acids is 1. The van der Waals surface area contributed by atoms with Crippen LogP contribution >= 0.6 is 0 Å². The Bertz CT molecular complexity index is 1260. The Morgan fingerprint density at radius 2 is 1.81 bits per heavy atom. The van der Waals surface area contributed by atoms with Gasteiger partial charge in [-0.2, -0.15) is 0 Å². The van der Waals surface area contributed by atoms with Crippen molar-refractivity contribution >= 4 is 28.7 Å². The summed E-state index contributed by atoms with van der Waals surface area (Å²) in [5, 5.41) is 10.7. The van der Waals surface area contributed by atoms with Crippen LogP contribution in [0.15, 0.2) is 66.9 Å². The summed E-state index contributed by atoms with van der Waals surface area (Å²) in [7, 11) is 0. The molecule has 0 saturated carbocycles. The summed E-state index contributed by atoms with van der Waals surface area (Å²) < 4.78 is 7.80. The molecule has 4 rings (SSSR count). The summed E-state index contributed by atoms with van der Waals surface area (Å²) in [6.45, 7) is 8.18. The van der Waals surface area contributed by atoms with Crippen LogP contribution in [0.5, 0.6) is 0 Å². The molecule has 2 aromatic carbocycles. The van der Waals surface area contributed by atoms with Gasteiger partial charge in [-0.3, -0.25) is 4.79 Å². The molecule has 164 valence electrons. The number of nitrogens with zero attached hydrogens (tertiary/aromatic N) is 3. The number of rotatable bonds is 6. The molecule has 0 unspecified atom stereocenters. The standard InChI is InChI=1S/C25H27N5O2/c1-17(31)27-20-9-6-10-21(14-20)28-24-26-15-22-11-12-23(30(22)29-24)19-8-5-7-18(13-19)16-32-25(2,3)4/h5-15H,16H2,1-4H3,(H,27,31)(H,28,29). The highest BCUT2D eigenvalue weighted by atomic mass is 16.5. The van der Waals surface area contributed by atoms with Gasteiger partial charge in [-0.25, -0.2) is 9.50 Å². The Morgan fingerprint density at radius 3 is 2.59 bits per heavy atom. The molecular weight excluding hydrogens is 402 g/mol. The maximum atomic E-state index is 11.3. The first-order chi connectivity index (χ1) is 15.3. The first kappa shape index (κ1) is 21.5. The van der Waals surface area contributed by atoms with E-state index in [1.165, 1.54) is 6.92 Å². The van der Waals surface area contributed by atoms with E-state index in [0.29, 0.717) is 18.2 Å². The predicted molar refractivity (Wildman–Crippen MR) is 127 cm³/mol. The number of hydrogen-bond acceptors (Lipinski definition) is 5. The van der Waals surface area contributed by atoms with Crippen LogP contribution in [0.4, 0.5) is 17.3 Å². The van der Waals surface area contributed by atoms with Gasteiger partial charge in [-0.1, -0.05) is 24.3 Å². The second kappa shape index (κ2) is 8.80. The van der Waals surface area contributed by atoms with Crippen LogP contribution in [0.25, 0.3) is 16.8 Å². The molecule has 32 heavy (non-hydrogen) atoms. The van der Waals surface area contributed by atoms with E-state index in [4.69, 9.17) is 4.74 Å². The number of hydrogen-bond donors (Lipinski definition) is 2. The van der Waals surface area contributed by atoms with Gasteiger partial charge in [0.2, 0.25) is 11.9 Å². The second-order valence-corrected chi connectivity index (χ2v) is 8.63. The van der Waals surface area contributed by atoms with E-state index in [1.54, 1.807) is 6.20 Å². The zero-order valence-electron chi connectivity index (χ0n) is 18.7. The lowest BCUT2D eigenvalue weighted by Gasteiger charge is -2.19. The lowest BCUT2D eigenvalue weighted by molar-refractivity contribution is -0.114. The van der Waals surface area contributed by atoms with E-state index in [1.807, 2.05) is 47.0 Å². The monoisotopic (exact) mass is 429 g/mol. The van der Waals surface area contributed by atoms with Crippen molar-refractivity contribution in [3.63, 3.8) is 0 Å². The molecule has 7 heteroatoms. The number of carbonyl (C=O) groups is 1. The minimum absolute atomic E-state index is 0.119. The smallest absolute Gasteiger partial charge is 0.245 e. The van der Waals surface area contributed by atoms with Gasteiger partial charge in [0.05, 0.1) is 29.6 Å². The Kier molecular flexibility index (Phi) is 5.92. The van der Waals surface area contributed by atoms with E-state index in [9.17, 15) is 4.79 Å². The normalized spacial score (nSPS) is 11.5. The maximum absolute atomic E-state index is 11.3. The van der Waals surface area contributed by atoms with Gasteiger partial charge in [0.1, 0.15) is 0 Å². The fraction of sp³-hybridized carbons (Fsp3) is 0.240. The van der Waals surface area contributed by atoms with Gasteiger partial charge in [0.25, 0.3) is 0 Å². The van der Waals surface area contributed by atoms with Gasteiger partial charge in [-0.15, -0.1) is 5.10 Å². The topological polar surface area (TPSA) is 80.5 Å². The van der Waals surface area contributed by atoms with Crippen molar-refractivity contribution in [2.24, 2.45) is 0 Å². The number of benzene rings is 2. The van der Waals surface area contributed by atoms with Crippen LogP contribution in [0, 0.1) is 0 Å². The zero-order valence-corrected chi connectivity index (χ0v) is 18.7. The van der Waals surface area contributed by atoms with E-state index < -0.39 is 0 Å². The molecular formula is C25H27N5O2. The summed E-state index contributed by atoms with van der Waals surface area (Å²) >= 11 is 0. The molecule has 4 aromatic rings. The van der Waals surface area contributed by atoms with Crippen molar-refractivity contribution < 1.29 is 9.53 Å². The van der Waals surface area contributed by atoms with Crippen molar-refractivity contribution in [2.75, 3.05) is 10.6 Å². The number of anilines is 3. The second-order valence-electron chi connectivity index (χ2n) is 8.63. The molecule has 7 nitrogen and oxygen atoms in total. The Morgan fingerprint density at radius 1 is 1.03 bits per heavy atom. The lowest BCUT2D eigenvalue weighted by Crippen LogP contribution is -2.18. The molecule has 0 aliphatic carbocycles. The first-order valence-electron chi connectivity index (χ1n) is 10.5. The van der Waals surface area contributed by atoms with Crippen molar-refractivity contribution in [3.8, 4) is 11.3 Å². The van der Waals surface area contributed by atoms with Crippen molar-refractivity contribution in [2.45, 2.75) is 39.9 Å². The average Bonchev–Trinajstić information content (AvgIpc) is 3.15. The molecule has 0 bridgehead atoms. The zero-order chi connectivity index (χ0) is 22.7. The molecule has 2 heterocycles. The fourth-order valence-electron chi connectivity index (χ4n) is 3.30. The van der Waals surface area contributed by atoms with E-state index in [2.05, 4.69) is 59.7 Å². The minimum atomic E-state index is -0.192. The fourth-order valence-corrected chi connectivity index (χ4v) is 3.30. The van der Waals surface area contributed by atoms with Crippen LogP contribution < -0.4 is 10.6 Å². The molecule has 2 aromatic heterocycles. The first-order valence-corrected chi connectivity index (χ1v) is 10.5. The molecule has 0 aliphatic rings. The highest BCUT2D eigenvalue weighted by molar-refractivity contribution is 5.89. The number of fused-ring (bicyclic) bond motifs is 1. The minimum Gasteiger partial charge on any atom is -0.371 e. The molecule has 0 atom stereocenters. The van der Waals surface area contributed by atoms with Crippen LogP contribution in [-0.4, -0.2) is 26.1 Å². The van der Waals surface area contributed by atoms with Crippen LogP contribution in [-0.2, 0) is 16.1 Å². The lowest BCUT2D eigenvalue weighted by atomic mass is 10.1. The predicted octanol–water partition coefficient (Wildman–Crippen LogP) is 5.41. The van der Waals surface area contributed by atoms with Gasteiger partial charge in [-0.05, 0) is 62.7 Å². The average molecular weight is 430 g/mol. The van der Waals surface area contributed by atoms with E-state index in [-0.39, 0.29) is 11.5 Å². The van der Waals surface area contributed by atoms with Crippen LogP contribution in [0.3, 0.4) is 0 Å². The summed E-state index contributed by atoms with van der Waals surface area (Å²) in [6.07, 6.45) is 1.78. The Balaban J connectivity index is 1.61. The van der Waals surface area contributed by atoms with Gasteiger partial charge in [0.15, 0.2) is 0 Å². The third kappa shape index (κ3) is 5.31. The van der Waals surface area contributed by atoms with Crippen LogP contribution in [0.2, 0.25) is 0 Å². The number of aromatic nitrogens is 3. The molecule has 1 amide bonds. The number of nitrogens with one attached hydrogen (secondary N) is 2. The SMILES string of the molecule is CC(=O)Nc1cccc(Nc2ncc3ccc(-c4cccc(COC(C)(C)C)c4)n3n2)c1. The maximum Gasteiger partial charge on any atom is 0.245 e. The molecule has 0 aliphatic heterocycles. The van der Waals surface area contributed by atoms with Crippen molar-refractivity contribution in [1.82, 2.24) is 14.6 Å². The molecule has 0 fully saturated rings. The third-order valence-corrected chi connectivity index (χ3v) is 4.73. The van der Waals surface area contributed by atoms with E-state index >= 15 is 0 Å². The van der Waals surface area contributed by atoms with Crippen LogP contribution in [0.1, 0.15) is 33.3 Å². The van der Waals surface area contributed by atoms with Gasteiger partial charge in [0, 0.05) is 23.9 Å². The Labute approximate surface area is 187 Å². The van der Waals surface area contributed by atoms with Crippen molar-refractivity contribution in [3.05, 3.63) is 72.4 Å². The quantitative estimate of drug-likeness (QED) is 0.428. The largest absolute Gasteiger partial charge is 0.371 e. The van der Waals surface area contributed by atoms with Gasteiger partial charge < -0.3 is 15.4 Å². The summed E-state index contributed by atoms with van der Waals surface area (Å²) in [4.78, 5) is 15.7. The summed E-state index contributed by atoms with van der Waals surface area (Å²) in [5.74, 6) is 0.342. The third-order valence-electron chi connectivity index (χ3n) is 4.73. The van der Waals surface area contributed by atoms with Gasteiger partial charge >= 0.3 is 0 Å². The highest BCUT2D eigenvalue weighted by Gasteiger charge is 2.12. The summed E-state index contributed by atoms with van der Waals surface area (Å²) in [5.41, 5.74) is 5.32.